The van der Waals surface area contributed by atoms with Crippen molar-refractivity contribution in [2.45, 2.75) is 17.7 Å². The van der Waals surface area contributed by atoms with E-state index in [1.54, 1.807) is 12.1 Å². The molecule has 1 aliphatic heterocycles. The van der Waals surface area contributed by atoms with E-state index in [4.69, 9.17) is 4.55 Å². The summed E-state index contributed by atoms with van der Waals surface area (Å²) in [6, 6.07) is 12.6. The highest BCUT2D eigenvalue weighted by Crippen LogP contribution is 2.23. The molecular weight excluding hydrogens is 338 g/mol. The Hall–Kier alpha value is -2.22. The summed E-state index contributed by atoms with van der Waals surface area (Å²) in [7, 11) is -2.04. The van der Waals surface area contributed by atoms with Gasteiger partial charge in [0.2, 0.25) is 0 Å². The summed E-state index contributed by atoms with van der Waals surface area (Å²) in [5, 5.41) is 8.78. The van der Waals surface area contributed by atoms with Gasteiger partial charge in [0, 0.05) is 31.4 Å². The van der Waals surface area contributed by atoms with Crippen LogP contribution in [0.4, 0.5) is 0 Å². The topological polar surface area (TPSA) is 84.2 Å². The minimum atomic E-state index is -4.02. The minimum Gasteiger partial charge on any atom is -0.315 e. The molecule has 2 heterocycles. The van der Waals surface area contributed by atoms with Crippen molar-refractivity contribution in [2.24, 2.45) is 7.05 Å². The third-order valence-corrected chi connectivity index (χ3v) is 5.21. The van der Waals surface area contributed by atoms with Gasteiger partial charge in [-0.05, 0) is 36.8 Å². The Morgan fingerprint density at radius 1 is 1.16 bits per heavy atom. The molecule has 3 aromatic rings. The summed E-state index contributed by atoms with van der Waals surface area (Å²) in [5.41, 5.74) is 3.60. The third kappa shape index (κ3) is 4.07. The summed E-state index contributed by atoms with van der Waals surface area (Å²) in [6.45, 7) is 4.07. The second-order valence-corrected chi connectivity index (χ2v) is 7.65. The Morgan fingerprint density at radius 3 is 2.40 bits per heavy atom. The van der Waals surface area contributed by atoms with Crippen molar-refractivity contribution in [3.8, 4) is 0 Å². The molecule has 1 aromatic heterocycles. The zero-order chi connectivity index (χ0) is 18.0. The lowest BCUT2D eigenvalue weighted by Gasteiger charge is -2.27. The maximum absolute atomic E-state index is 10.5. The standard InChI is InChI=1S/C11H13N3.C7H8O3S/c1-14-11-3-2-8(10-5-12-6-10)4-9(11)7-13-14;1-6-2-4-7(5-3-6)11(8,9)10/h2-4,7,10,12H,5-6H2,1H3;2-5H,1H3,(H,8,9,10). The number of nitrogens with one attached hydrogen (secondary N) is 1. The number of aryl methyl sites for hydroxylation is 2. The number of hydrogen-bond acceptors (Lipinski definition) is 4. The van der Waals surface area contributed by atoms with Crippen molar-refractivity contribution in [1.82, 2.24) is 15.1 Å². The van der Waals surface area contributed by atoms with Crippen molar-refractivity contribution in [3.63, 3.8) is 0 Å². The normalized spacial score (nSPS) is 14.7. The smallest absolute Gasteiger partial charge is 0.294 e. The molecule has 0 unspecified atom stereocenters. The first-order valence-corrected chi connectivity index (χ1v) is 9.45. The van der Waals surface area contributed by atoms with Crippen LogP contribution in [0.3, 0.4) is 0 Å². The Morgan fingerprint density at radius 2 is 1.84 bits per heavy atom. The molecule has 0 radical (unpaired) electrons. The molecule has 0 aliphatic carbocycles. The predicted molar refractivity (Wildman–Crippen MR) is 97.3 cm³/mol. The zero-order valence-corrected chi connectivity index (χ0v) is 15.0. The predicted octanol–water partition coefficient (Wildman–Crippen LogP) is 2.50. The fourth-order valence-electron chi connectivity index (χ4n) is 2.67. The van der Waals surface area contributed by atoms with Gasteiger partial charge >= 0.3 is 0 Å². The number of rotatable bonds is 2. The van der Waals surface area contributed by atoms with E-state index < -0.39 is 10.1 Å². The van der Waals surface area contributed by atoms with Crippen LogP contribution >= 0.6 is 0 Å². The molecule has 0 spiro atoms. The molecule has 1 fully saturated rings. The number of benzene rings is 2. The third-order valence-electron chi connectivity index (χ3n) is 4.34. The van der Waals surface area contributed by atoms with Crippen LogP contribution < -0.4 is 5.32 Å². The van der Waals surface area contributed by atoms with Crippen molar-refractivity contribution < 1.29 is 13.0 Å². The molecule has 0 atom stereocenters. The van der Waals surface area contributed by atoms with E-state index in [0.29, 0.717) is 5.92 Å². The first-order valence-electron chi connectivity index (χ1n) is 8.01. The molecule has 4 rings (SSSR count). The van der Waals surface area contributed by atoms with Crippen molar-refractivity contribution in [3.05, 3.63) is 59.8 Å². The van der Waals surface area contributed by atoms with Crippen LogP contribution in [0.1, 0.15) is 17.0 Å². The Bertz CT molecular complexity index is 974. The molecule has 132 valence electrons. The summed E-state index contributed by atoms with van der Waals surface area (Å²) in [5.74, 6) is 0.708. The van der Waals surface area contributed by atoms with E-state index in [9.17, 15) is 8.42 Å². The molecular formula is C18H21N3O3S. The maximum Gasteiger partial charge on any atom is 0.294 e. The van der Waals surface area contributed by atoms with E-state index in [2.05, 4.69) is 28.6 Å². The van der Waals surface area contributed by atoms with Crippen molar-refractivity contribution in [2.75, 3.05) is 13.1 Å². The van der Waals surface area contributed by atoms with Crippen molar-refractivity contribution in [1.29, 1.82) is 0 Å². The Balaban J connectivity index is 0.000000151. The van der Waals surface area contributed by atoms with Gasteiger partial charge in [-0.15, -0.1) is 0 Å². The highest BCUT2D eigenvalue weighted by molar-refractivity contribution is 7.85. The van der Waals surface area contributed by atoms with Gasteiger partial charge in [0.25, 0.3) is 10.1 Å². The van der Waals surface area contributed by atoms with E-state index in [1.807, 2.05) is 24.9 Å². The van der Waals surface area contributed by atoms with Crippen LogP contribution in [0.2, 0.25) is 0 Å². The second kappa shape index (κ2) is 6.95. The number of aromatic nitrogens is 2. The van der Waals surface area contributed by atoms with Gasteiger partial charge in [-0.1, -0.05) is 23.8 Å². The van der Waals surface area contributed by atoms with Crippen molar-refractivity contribution >= 4 is 21.0 Å². The molecule has 7 heteroatoms. The molecule has 1 saturated heterocycles. The van der Waals surface area contributed by atoms with Gasteiger partial charge in [0.05, 0.1) is 16.6 Å². The molecule has 2 N–H and O–H groups in total. The highest BCUT2D eigenvalue weighted by atomic mass is 32.2. The van der Waals surface area contributed by atoms with Crippen LogP contribution in [0.25, 0.3) is 10.9 Å². The van der Waals surface area contributed by atoms with E-state index in [0.717, 1.165) is 18.7 Å². The fraction of sp³-hybridized carbons (Fsp3) is 0.278. The van der Waals surface area contributed by atoms with Crippen LogP contribution in [-0.2, 0) is 17.2 Å². The summed E-state index contributed by atoms with van der Waals surface area (Å²) in [4.78, 5) is -0.0666. The van der Waals surface area contributed by atoms with Crippen LogP contribution in [0, 0.1) is 6.92 Å². The molecule has 1 aliphatic rings. The highest BCUT2D eigenvalue weighted by Gasteiger charge is 2.18. The van der Waals surface area contributed by atoms with E-state index >= 15 is 0 Å². The molecule has 6 nitrogen and oxygen atoms in total. The monoisotopic (exact) mass is 359 g/mol. The SMILES string of the molecule is Cc1ccc(S(=O)(=O)O)cc1.Cn1ncc2cc(C3CNC3)ccc21. The quantitative estimate of drug-likeness (QED) is 0.687. The zero-order valence-electron chi connectivity index (χ0n) is 14.2. The molecule has 2 aromatic carbocycles. The first-order chi connectivity index (χ1) is 11.8. The second-order valence-electron chi connectivity index (χ2n) is 6.23. The van der Waals surface area contributed by atoms with Gasteiger partial charge in [-0.25, -0.2) is 0 Å². The van der Waals surface area contributed by atoms with Crippen LogP contribution in [-0.4, -0.2) is 35.8 Å². The first kappa shape index (κ1) is 17.6. The average Bonchev–Trinajstić information content (AvgIpc) is 2.87. The average molecular weight is 359 g/mol. The fourth-order valence-corrected chi connectivity index (χ4v) is 3.15. The summed E-state index contributed by atoms with van der Waals surface area (Å²) in [6.07, 6.45) is 1.94. The number of nitrogens with zero attached hydrogens (tertiary/aromatic N) is 2. The molecule has 0 saturated carbocycles. The van der Waals surface area contributed by atoms with Gasteiger partial charge in [0.1, 0.15) is 0 Å². The molecule has 25 heavy (non-hydrogen) atoms. The lowest BCUT2D eigenvalue weighted by Crippen LogP contribution is -2.39. The lowest BCUT2D eigenvalue weighted by atomic mass is 9.93. The molecule has 0 amide bonds. The molecule has 0 bridgehead atoms. The van der Waals surface area contributed by atoms with E-state index in [1.165, 1.54) is 28.6 Å². The minimum absolute atomic E-state index is 0.0666. The number of hydrogen-bond donors (Lipinski definition) is 2. The summed E-state index contributed by atoms with van der Waals surface area (Å²) >= 11 is 0. The van der Waals surface area contributed by atoms with Crippen LogP contribution in [0.5, 0.6) is 0 Å². The largest absolute Gasteiger partial charge is 0.315 e. The number of fused-ring (bicyclic) bond motifs is 1. The van der Waals surface area contributed by atoms with Gasteiger partial charge in [-0.2, -0.15) is 13.5 Å². The van der Waals surface area contributed by atoms with Gasteiger partial charge < -0.3 is 5.32 Å². The van der Waals surface area contributed by atoms with Gasteiger partial charge in [0.15, 0.2) is 0 Å². The van der Waals surface area contributed by atoms with Crippen LogP contribution in [0.15, 0.2) is 53.6 Å². The summed E-state index contributed by atoms with van der Waals surface area (Å²) < 4.78 is 31.5. The maximum atomic E-state index is 10.5. The van der Waals surface area contributed by atoms with E-state index in [-0.39, 0.29) is 4.90 Å². The lowest BCUT2D eigenvalue weighted by molar-refractivity contribution is 0.449. The Labute approximate surface area is 147 Å². The van der Waals surface area contributed by atoms with Gasteiger partial charge in [-0.3, -0.25) is 9.23 Å². The Kier molecular flexibility index (Phi) is 4.89.